The minimum atomic E-state index is -0.0508. The van der Waals surface area contributed by atoms with E-state index in [4.69, 9.17) is 4.74 Å². The molecule has 5 heteroatoms. The highest BCUT2D eigenvalue weighted by Crippen LogP contribution is 2.29. The van der Waals surface area contributed by atoms with Crippen LogP contribution in [0.3, 0.4) is 0 Å². The SMILES string of the molecule is O=C(Nc1ccccc1Oc1ccccc1)N1CCN(C2CCCC2)CC1. The molecule has 0 unspecified atom stereocenters. The molecule has 1 aliphatic carbocycles. The van der Waals surface area contributed by atoms with Crippen molar-refractivity contribution in [2.24, 2.45) is 0 Å². The zero-order valence-corrected chi connectivity index (χ0v) is 15.6. The second-order valence-corrected chi connectivity index (χ2v) is 7.30. The minimum absolute atomic E-state index is 0.0508. The summed E-state index contributed by atoms with van der Waals surface area (Å²) in [4.78, 5) is 17.2. The summed E-state index contributed by atoms with van der Waals surface area (Å²) in [7, 11) is 0. The molecular formula is C22H27N3O2. The first-order valence-electron chi connectivity index (χ1n) is 9.91. The number of ether oxygens (including phenoxy) is 1. The van der Waals surface area contributed by atoms with Gasteiger partial charge in [-0.15, -0.1) is 0 Å². The van der Waals surface area contributed by atoms with Crippen molar-refractivity contribution in [3.63, 3.8) is 0 Å². The molecule has 1 saturated carbocycles. The Morgan fingerprint density at radius 2 is 1.56 bits per heavy atom. The number of amides is 2. The van der Waals surface area contributed by atoms with Gasteiger partial charge in [0.25, 0.3) is 0 Å². The number of carbonyl (C=O) groups excluding carboxylic acids is 1. The van der Waals surface area contributed by atoms with Crippen LogP contribution in [-0.2, 0) is 0 Å². The number of benzene rings is 2. The van der Waals surface area contributed by atoms with Crippen LogP contribution in [0, 0.1) is 0 Å². The van der Waals surface area contributed by atoms with E-state index >= 15 is 0 Å². The van der Waals surface area contributed by atoms with Gasteiger partial charge in [-0.3, -0.25) is 4.90 Å². The lowest BCUT2D eigenvalue weighted by molar-refractivity contribution is 0.115. The van der Waals surface area contributed by atoms with Gasteiger partial charge in [-0.2, -0.15) is 0 Å². The number of anilines is 1. The Labute approximate surface area is 160 Å². The van der Waals surface area contributed by atoms with E-state index in [0.717, 1.165) is 38.0 Å². The molecule has 1 aliphatic heterocycles. The summed E-state index contributed by atoms with van der Waals surface area (Å²) in [5.74, 6) is 1.41. The zero-order chi connectivity index (χ0) is 18.5. The molecule has 0 bridgehead atoms. The molecular weight excluding hydrogens is 338 g/mol. The fourth-order valence-corrected chi connectivity index (χ4v) is 4.03. The number of para-hydroxylation sites is 3. The average Bonchev–Trinajstić information content (AvgIpc) is 3.25. The number of hydrogen-bond acceptors (Lipinski definition) is 3. The van der Waals surface area contributed by atoms with E-state index in [2.05, 4.69) is 10.2 Å². The lowest BCUT2D eigenvalue weighted by atomic mass is 10.2. The molecule has 1 saturated heterocycles. The van der Waals surface area contributed by atoms with Crippen LogP contribution in [0.25, 0.3) is 0 Å². The smallest absolute Gasteiger partial charge is 0.322 e. The van der Waals surface area contributed by atoms with Gasteiger partial charge in [-0.05, 0) is 37.1 Å². The summed E-state index contributed by atoms with van der Waals surface area (Å²) in [5.41, 5.74) is 0.699. The maximum atomic E-state index is 12.7. The maximum Gasteiger partial charge on any atom is 0.322 e. The topological polar surface area (TPSA) is 44.8 Å². The molecule has 2 aliphatic rings. The molecule has 2 fully saturated rings. The van der Waals surface area contributed by atoms with Crippen molar-refractivity contribution in [2.75, 3.05) is 31.5 Å². The van der Waals surface area contributed by atoms with E-state index in [9.17, 15) is 4.79 Å². The van der Waals surface area contributed by atoms with Crippen LogP contribution in [0.1, 0.15) is 25.7 Å². The van der Waals surface area contributed by atoms with Gasteiger partial charge in [-0.25, -0.2) is 4.79 Å². The van der Waals surface area contributed by atoms with Gasteiger partial charge in [0.1, 0.15) is 5.75 Å². The van der Waals surface area contributed by atoms with Crippen LogP contribution in [-0.4, -0.2) is 48.1 Å². The summed E-state index contributed by atoms with van der Waals surface area (Å²) in [6.45, 7) is 3.51. The highest BCUT2D eigenvalue weighted by atomic mass is 16.5. The van der Waals surface area contributed by atoms with Crippen LogP contribution in [0.4, 0.5) is 10.5 Å². The first-order valence-corrected chi connectivity index (χ1v) is 9.91. The van der Waals surface area contributed by atoms with Crippen molar-refractivity contribution in [1.29, 1.82) is 0 Å². The predicted molar refractivity (Wildman–Crippen MR) is 107 cm³/mol. The summed E-state index contributed by atoms with van der Waals surface area (Å²) in [6.07, 6.45) is 5.33. The van der Waals surface area contributed by atoms with Crippen LogP contribution < -0.4 is 10.1 Å². The fraction of sp³-hybridized carbons (Fsp3) is 0.409. The summed E-state index contributed by atoms with van der Waals surface area (Å²) >= 11 is 0. The molecule has 27 heavy (non-hydrogen) atoms. The highest BCUT2D eigenvalue weighted by molar-refractivity contribution is 5.91. The van der Waals surface area contributed by atoms with E-state index in [0.29, 0.717) is 11.4 Å². The number of hydrogen-bond donors (Lipinski definition) is 1. The number of piperazine rings is 1. The van der Waals surface area contributed by atoms with Crippen LogP contribution in [0.5, 0.6) is 11.5 Å². The molecule has 5 nitrogen and oxygen atoms in total. The van der Waals surface area contributed by atoms with Gasteiger partial charge >= 0.3 is 6.03 Å². The Morgan fingerprint density at radius 1 is 0.889 bits per heavy atom. The molecule has 2 amide bonds. The lowest BCUT2D eigenvalue weighted by Crippen LogP contribution is -2.52. The molecule has 142 valence electrons. The van der Waals surface area contributed by atoms with Gasteiger partial charge in [0.15, 0.2) is 5.75 Å². The summed E-state index contributed by atoms with van der Waals surface area (Å²) in [6, 6.07) is 17.9. The second-order valence-electron chi connectivity index (χ2n) is 7.30. The van der Waals surface area contributed by atoms with Gasteiger partial charge in [0.05, 0.1) is 5.69 Å². The third kappa shape index (κ3) is 4.42. The van der Waals surface area contributed by atoms with Gasteiger partial charge in [0, 0.05) is 32.2 Å². The summed E-state index contributed by atoms with van der Waals surface area (Å²) in [5, 5.41) is 3.03. The normalized spacial score (nSPS) is 18.4. The van der Waals surface area contributed by atoms with Gasteiger partial charge in [-0.1, -0.05) is 43.2 Å². The Bertz CT molecular complexity index is 751. The molecule has 0 radical (unpaired) electrons. The monoisotopic (exact) mass is 365 g/mol. The highest BCUT2D eigenvalue weighted by Gasteiger charge is 2.28. The van der Waals surface area contributed by atoms with Crippen molar-refractivity contribution < 1.29 is 9.53 Å². The quantitative estimate of drug-likeness (QED) is 0.863. The fourth-order valence-electron chi connectivity index (χ4n) is 4.03. The van der Waals surface area contributed by atoms with Gasteiger partial charge in [0.2, 0.25) is 0 Å². The molecule has 2 aromatic carbocycles. The lowest BCUT2D eigenvalue weighted by Gasteiger charge is -2.38. The van der Waals surface area contributed by atoms with Crippen molar-refractivity contribution >= 4 is 11.7 Å². The molecule has 4 rings (SSSR count). The number of nitrogens with one attached hydrogen (secondary N) is 1. The molecule has 1 N–H and O–H groups in total. The van der Waals surface area contributed by atoms with E-state index in [-0.39, 0.29) is 6.03 Å². The minimum Gasteiger partial charge on any atom is -0.455 e. The largest absolute Gasteiger partial charge is 0.455 e. The van der Waals surface area contributed by atoms with Crippen LogP contribution in [0.15, 0.2) is 54.6 Å². The average molecular weight is 365 g/mol. The van der Waals surface area contributed by atoms with Gasteiger partial charge < -0.3 is 15.0 Å². The number of nitrogens with zero attached hydrogens (tertiary/aromatic N) is 2. The Balaban J connectivity index is 1.36. The first kappa shape index (κ1) is 17.9. The van der Waals surface area contributed by atoms with Crippen molar-refractivity contribution in [1.82, 2.24) is 9.80 Å². The van der Waals surface area contributed by atoms with Crippen molar-refractivity contribution in [2.45, 2.75) is 31.7 Å². The number of urea groups is 1. The first-order chi connectivity index (χ1) is 13.3. The number of rotatable bonds is 4. The van der Waals surface area contributed by atoms with Crippen molar-refractivity contribution in [3.8, 4) is 11.5 Å². The van der Waals surface area contributed by atoms with Crippen molar-refractivity contribution in [3.05, 3.63) is 54.6 Å². The summed E-state index contributed by atoms with van der Waals surface area (Å²) < 4.78 is 5.94. The van der Waals surface area contributed by atoms with Crippen LogP contribution in [0.2, 0.25) is 0 Å². The van der Waals surface area contributed by atoms with E-state index in [1.165, 1.54) is 25.7 Å². The second kappa shape index (κ2) is 8.44. The zero-order valence-electron chi connectivity index (χ0n) is 15.6. The molecule has 1 heterocycles. The Hall–Kier alpha value is -2.53. The standard InChI is InChI=1S/C22H27N3O2/c26-22(25-16-14-24(15-17-25)18-8-4-5-9-18)23-20-12-6-7-13-21(20)27-19-10-2-1-3-11-19/h1-3,6-7,10-13,18H,4-5,8-9,14-17H2,(H,23,26). The molecule has 0 aromatic heterocycles. The Kier molecular flexibility index (Phi) is 5.58. The number of carbonyl (C=O) groups is 1. The van der Waals surface area contributed by atoms with E-state index in [1.54, 1.807) is 0 Å². The third-order valence-electron chi connectivity index (χ3n) is 5.54. The van der Waals surface area contributed by atoms with E-state index < -0.39 is 0 Å². The van der Waals surface area contributed by atoms with Crippen LogP contribution >= 0.6 is 0 Å². The molecule has 0 atom stereocenters. The molecule has 2 aromatic rings. The maximum absolute atomic E-state index is 12.7. The van der Waals surface area contributed by atoms with E-state index in [1.807, 2.05) is 59.5 Å². The third-order valence-corrected chi connectivity index (χ3v) is 5.54. The Morgan fingerprint density at radius 3 is 2.30 bits per heavy atom. The molecule has 0 spiro atoms. The predicted octanol–water partition coefficient (Wildman–Crippen LogP) is 4.57.